The van der Waals surface area contributed by atoms with Crippen molar-refractivity contribution >= 4 is 5.91 Å². The van der Waals surface area contributed by atoms with Crippen LogP contribution in [0, 0.1) is 5.92 Å². The Hall–Kier alpha value is -1.59. The van der Waals surface area contributed by atoms with Gasteiger partial charge in [0.25, 0.3) is 0 Å². The fourth-order valence-corrected chi connectivity index (χ4v) is 2.64. The van der Waals surface area contributed by atoms with Crippen molar-refractivity contribution in [2.45, 2.75) is 44.9 Å². The largest absolute Gasteiger partial charge is 0.491 e. The van der Waals surface area contributed by atoms with Crippen molar-refractivity contribution in [2.75, 3.05) is 6.61 Å². The van der Waals surface area contributed by atoms with Gasteiger partial charge in [-0.3, -0.25) is 10.1 Å². The summed E-state index contributed by atoms with van der Waals surface area (Å²) in [6.45, 7) is 4.16. The van der Waals surface area contributed by atoms with Crippen molar-refractivity contribution < 1.29 is 14.6 Å². The molecule has 21 heavy (non-hydrogen) atoms. The Balaban J connectivity index is 2.13. The van der Waals surface area contributed by atoms with E-state index >= 15 is 0 Å². The van der Waals surface area contributed by atoms with Gasteiger partial charge in [0.2, 0.25) is 5.91 Å². The monoisotopic (exact) mass is 292 g/mol. The average Bonchev–Trinajstić information content (AvgIpc) is 3.28. The predicted molar refractivity (Wildman–Crippen MR) is 80.8 cm³/mol. The number of primary amides is 1. The molecule has 0 bridgehead atoms. The van der Waals surface area contributed by atoms with Crippen LogP contribution < -0.4 is 15.8 Å². The molecule has 1 unspecified atom stereocenters. The summed E-state index contributed by atoms with van der Waals surface area (Å²) in [5, 5.41) is 12.5. The van der Waals surface area contributed by atoms with Gasteiger partial charge in [0.05, 0.1) is 6.61 Å². The summed E-state index contributed by atoms with van der Waals surface area (Å²) in [5.41, 5.74) is 5.62. The molecule has 5 nitrogen and oxygen atoms in total. The van der Waals surface area contributed by atoms with Gasteiger partial charge in [-0.1, -0.05) is 12.1 Å². The van der Waals surface area contributed by atoms with E-state index in [0.717, 1.165) is 18.4 Å². The number of nitrogens with two attached hydrogens (primary N) is 1. The zero-order valence-electron chi connectivity index (χ0n) is 12.6. The van der Waals surface area contributed by atoms with Gasteiger partial charge in [-0.25, -0.2) is 0 Å². The molecule has 1 aromatic carbocycles. The van der Waals surface area contributed by atoms with Crippen LogP contribution in [0.2, 0.25) is 0 Å². The number of rotatable bonds is 8. The van der Waals surface area contributed by atoms with Crippen LogP contribution in [0.25, 0.3) is 0 Å². The topological polar surface area (TPSA) is 84.6 Å². The summed E-state index contributed by atoms with van der Waals surface area (Å²) in [6, 6.07) is 7.37. The van der Waals surface area contributed by atoms with Gasteiger partial charge in [-0.2, -0.15) is 0 Å². The van der Waals surface area contributed by atoms with Crippen LogP contribution in [-0.2, 0) is 11.4 Å². The second kappa shape index (κ2) is 6.45. The summed E-state index contributed by atoms with van der Waals surface area (Å²) >= 11 is 0. The molecule has 1 saturated carbocycles. The third-order valence-electron chi connectivity index (χ3n) is 3.81. The lowest BCUT2D eigenvalue weighted by Crippen LogP contribution is -2.62. The van der Waals surface area contributed by atoms with Crippen LogP contribution in [0.3, 0.4) is 0 Å². The Bertz CT molecular complexity index is 500. The number of carbonyl (C=O) groups is 1. The number of benzene rings is 1. The normalized spacial score (nSPS) is 17.5. The van der Waals surface area contributed by atoms with Crippen LogP contribution in [0.4, 0.5) is 0 Å². The van der Waals surface area contributed by atoms with Crippen molar-refractivity contribution in [3.8, 4) is 5.75 Å². The Labute approximate surface area is 125 Å². The molecule has 0 spiro atoms. The number of carbonyl (C=O) groups excluding carboxylic acids is 1. The SMILES string of the molecule is CC(C)NC(COc1cccc(CO)c1)(C(N)=O)C1CC1. The summed E-state index contributed by atoms with van der Waals surface area (Å²) < 4.78 is 5.80. The Morgan fingerprint density at radius 2 is 2.24 bits per heavy atom. The molecular formula is C16H24N2O3. The van der Waals surface area contributed by atoms with Gasteiger partial charge in [0, 0.05) is 6.04 Å². The Morgan fingerprint density at radius 3 is 2.76 bits per heavy atom. The third-order valence-corrected chi connectivity index (χ3v) is 3.81. The number of hydrogen-bond acceptors (Lipinski definition) is 4. The quantitative estimate of drug-likeness (QED) is 0.672. The highest BCUT2D eigenvalue weighted by atomic mass is 16.5. The van der Waals surface area contributed by atoms with E-state index < -0.39 is 5.54 Å². The molecule has 4 N–H and O–H groups in total. The lowest BCUT2D eigenvalue weighted by molar-refractivity contribution is -0.127. The summed E-state index contributed by atoms with van der Waals surface area (Å²) in [7, 11) is 0. The maximum Gasteiger partial charge on any atom is 0.241 e. The van der Waals surface area contributed by atoms with Gasteiger partial charge in [0.1, 0.15) is 17.9 Å². The molecule has 0 aliphatic heterocycles. The maximum atomic E-state index is 12.0. The summed E-state index contributed by atoms with van der Waals surface area (Å²) in [5.74, 6) is 0.508. The van der Waals surface area contributed by atoms with Crippen molar-refractivity contribution in [3.63, 3.8) is 0 Å². The first-order valence-electron chi connectivity index (χ1n) is 7.38. The number of hydrogen-bond donors (Lipinski definition) is 3. The van der Waals surface area contributed by atoms with Gasteiger partial charge in [-0.15, -0.1) is 0 Å². The molecule has 1 fully saturated rings. The highest BCUT2D eigenvalue weighted by Gasteiger charge is 2.50. The van der Waals surface area contributed by atoms with Gasteiger partial charge >= 0.3 is 0 Å². The molecule has 1 aliphatic rings. The van der Waals surface area contributed by atoms with Gasteiger partial charge in [-0.05, 0) is 50.3 Å². The van der Waals surface area contributed by atoms with E-state index in [-0.39, 0.29) is 31.1 Å². The molecule has 0 heterocycles. The lowest BCUT2D eigenvalue weighted by Gasteiger charge is -2.33. The second-order valence-corrected chi connectivity index (χ2v) is 6.00. The number of aliphatic hydroxyl groups excluding tert-OH is 1. The van der Waals surface area contributed by atoms with Crippen molar-refractivity contribution in [2.24, 2.45) is 11.7 Å². The molecular weight excluding hydrogens is 268 g/mol. The lowest BCUT2D eigenvalue weighted by atomic mass is 9.92. The maximum absolute atomic E-state index is 12.0. The minimum atomic E-state index is -0.816. The molecule has 2 rings (SSSR count). The highest BCUT2D eigenvalue weighted by molar-refractivity contribution is 5.86. The molecule has 5 heteroatoms. The van der Waals surface area contributed by atoms with Crippen molar-refractivity contribution in [1.29, 1.82) is 0 Å². The van der Waals surface area contributed by atoms with Crippen LogP contribution >= 0.6 is 0 Å². The molecule has 1 amide bonds. The van der Waals surface area contributed by atoms with Crippen molar-refractivity contribution in [3.05, 3.63) is 29.8 Å². The van der Waals surface area contributed by atoms with E-state index in [1.54, 1.807) is 6.07 Å². The van der Waals surface area contributed by atoms with Gasteiger partial charge in [0.15, 0.2) is 0 Å². The predicted octanol–water partition coefficient (Wildman–Crippen LogP) is 1.19. The molecule has 0 saturated heterocycles. The molecule has 0 aromatic heterocycles. The van der Waals surface area contributed by atoms with Crippen LogP contribution in [0.1, 0.15) is 32.3 Å². The first-order valence-corrected chi connectivity index (χ1v) is 7.38. The number of ether oxygens (including phenoxy) is 1. The first kappa shape index (κ1) is 15.8. The Kier molecular flexibility index (Phi) is 4.85. The van der Waals surface area contributed by atoms with Crippen molar-refractivity contribution in [1.82, 2.24) is 5.32 Å². The zero-order chi connectivity index (χ0) is 15.5. The van der Waals surface area contributed by atoms with Gasteiger partial charge < -0.3 is 15.6 Å². The fraction of sp³-hybridized carbons (Fsp3) is 0.562. The van der Waals surface area contributed by atoms with E-state index in [0.29, 0.717) is 5.75 Å². The van der Waals surface area contributed by atoms with E-state index in [4.69, 9.17) is 15.6 Å². The highest BCUT2D eigenvalue weighted by Crippen LogP contribution is 2.40. The van der Waals surface area contributed by atoms with Crippen LogP contribution in [0.5, 0.6) is 5.75 Å². The minimum Gasteiger partial charge on any atom is -0.491 e. The zero-order valence-corrected chi connectivity index (χ0v) is 12.6. The van der Waals surface area contributed by atoms with Crippen LogP contribution in [0.15, 0.2) is 24.3 Å². The average molecular weight is 292 g/mol. The van der Waals surface area contributed by atoms with E-state index in [1.165, 1.54) is 0 Å². The van der Waals surface area contributed by atoms with E-state index in [2.05, 4.69) is 5.32 Å². The molecule has 0 radical (unpaired) electrons. The summed E-state index contributed by atoms with van der Waals surface area (Å²) in [6.07, 6.45) is 1.98. The molecule has 116 valence electrons. The molecule has 1 aromatic rings. The molecule has 1 aliphatic carbocycles. The third kappa shape index (κ3) is 3.74. The molecule has 1 atom stereocenters. The second-order valence-electron chi connectivity index (χ2n) is 6.00. The van der Waals surface area contributed by atoms with E-state index in [1.807, 2.05) is 32.0 Å². The number of amides is 1. The number of aliphatic hydroxyl groups is 1. The number of nitrogens with one attached hydrogen (secondary N) is 1. The summed E-state index contributed by atoms with van der Waals surface area (Å²) in [4.78, 5) is 12.0. The first-order chi connectivity index (χ1) is 9.98. The minimum absolute atomic E-state index is 0.0367. The van der Waals surface area contributed by atoms with E-state index in [9.17, 15) is 4.79 Å². The standard InChI is InChI=1S/C16H24N2O3/c1-11(2)18-16(15(17)20,13-6-7-13)10-21-14-5-3-4-12(8-14)9-19/h3-5,8,11,13,18-19H,6-7,9-10H2,1-2H3,(H2,17,20). The fourth-order valence-electron chi connectivity index (χ4n) is 2.64. The van der Waals surface area contributed by atoms with Crippen LogP contribution in [-0.4, -0.2) is 29.2 Å². The Morgan fingerprint density at radius 1 is 1.52 bits per heavy atom. The smallest absolute Gasteiger partial charge is 0.241 e.